The highest BCUT2D eigenvalue weighted by Crippen LogP contribution is 2.44. The van der Waals surface area contributed by atoms with Crippen LogP contribution in [0.1, 0.15) is 29.5 Å². The number of aliphatic imine (C=N–C) groups is 1. The molecular weight excluding hydrogens is 241 g/mol. The summed E-state index contributed by atoms with van der Waals surface area (Å²) in [4.78, 5) is 4.31. The van der Waals surface area contributed by atoms with Crippen molar-refractivity contribution >= 4 is 11.4 Å². The van der Waals surface area contributed by atoms with Crippen LogP contribution < -0.4 is 5.73 Å². The van der Waals surface area contributed by atoms with Crippen LogP contribution in [0, 0.1) is 6.92 Å². The number of fused-ring (bicyclic) bond motifs is 1. The van der Waals surface area contributed by atoms with E-state index in [9.17, 15) is 13.2 Å². The Kier molecular flexibility index (Phi) is 2.18. The number of hydrogen-bond donors (Lipinski definition) is 1. The van der Waals surface area contributed by atoms with Crippen LogP contribution in [-0.2, 0) is 12.6 Å². The van der Waals surface area contributed by atoms with E-state index in [1.807, 2.05) is 0 Å². The number of alkyl halides is 3. The summed E-state index contributed by atoms with van der Waals surface area (Å²) in [6.07, 6.45) is -2.45. The van der Waals surface area contributed by atoms with Crippen LogP contribution in [0.25, 0.3) is 0 Å². The summed E-state index contributed by atoms with van der Waals surface area (Å²) < 4.78 is 38.9. The zero-order chi connectivity index (χ0) is 13.1. The maximum Gasteiger partial charge on any atom is 0.416 e. The Hall–Kier alpha value is -1.36. The Morgan fingerprint density at radius 2 is 1.94 bits per heavy atom. The Morgan fingerprint density at radius 3 is 2.50 bits per heavy atom. The zero-order valence-electron chi connectivity index (χ0n) is 9.93. The Balaban J connectivity index is 2.08. The molecule has 0 radical (unpaired) electrons. The van der Waals surface area contributed by atoms with Gasteiger partial charge >= 0.3 is 6.18 Å². The molecule has 2 aliphatic rings. The van der Waals surface area contributed by atoms with Gasteiger partial charge in [-0.15, -0.1) is 0 Å². The van der Waals surface area contributed by atoms with E-state index in [4.69, 9.17) is 5.73 Å². The van der Waals surface area contributed by atoms with Gasteiger partial charge in [-0.3, -0.25) is 4.99 Å². The summed E-state index contributed by atoms with van der Waals surface area (Å²) in [6, 6.07) is 2.89. The molecule has 2 N–H and O–H groups in total. The second-order valence-corrected chi connectivity index (χ2v) is 5.20. The third kappa shape index (κ3) is 1.73. The summed E-state index contributed by atoms with van der Waals surface area (Å²) in [5.41, 5.74) is 6.99. The number of hydrogen-bond acceptors (Lipinski definition) is 2. The van der Waals surface area contributed by atoms with Crippen molar-refractivity contribution in [2.24, 2.45) is 10.7 Å². The van der Waals surface area contributed by atoms with Gasteiger partial charge in [-0.1, -0.05) is 0 Å². The van der Waals surface area contributed by atoms with Crippen LogP contribution in [0.3, 0.4) is 0 Å². The normalized spacial score (nSPS) is 20.6. The lowest BCUT2D eigenvalue weighted by Crippen LogP contribution is -2.33. The van der Waals surface area contributed by atoms with Gasteiger partial charge in [0.2, 0.25) is 0 Å². The number of nitrogens with zero attached hydrogens (tertiary/aromatic N) is 1. The molecule has 1 aliphatic carbocycles. The molecule has 0 saturated heterocycles. The van der Waals surface area contributed by atoms with Crippen molar-refractivity contribution < 1.29 is 13.2 Å². The minimum atomic E-state index is -4.33. The first-order valence-electron chi connectivity index (χ1n) is 5.87. The van der Waals surface area contributed by atoms with Crippen molar-refractivity contribution in [2.75, 3.05) is 0 Å². The number of nitrogens with two attached hydrogens (primary N) is 1. The van der Waals surface area contributed by atoms with E-state index in [0.717, 1.165) is 12.8 Å². The maximum absolute atomic E-state index is 13.0. The van der Waals surface area contributed by atoms with Crippen LogP contribution in [-0.4, -0.2) is 11.3 Å². The predicted octanol–water partition coefficient (Wildman–Crippen LogP) is 3.13. The van der Waals surface area contributed by atoms with Crippen LogP contribution in [0.2, 0.25) is 0 Å². The molecule has 1 aliphatic heterocycles. The molecule has 0 unspecified atom stereocenters. The summed E-state index contributed by atoms with van der Waals surface area (Å²) in [7, 11) is 0. The van der Waals surface area contributed by atoms with Gasteiger partial charge in [0.25, 0.3) is 0 Å². The van der Waals surface area contributed by atoms with Crippen molar-refractivity contribution in [3.8, 4) is 0 Å². The Labute approximate surface area is 103 Å². The molecule has 1 heterocycles. The van der Waals surface area contributed by atoms with Gasteiger partial charge in [0, 0.05) is 12.1 Å². The second-order valence-electron chi connectivity index (χ2n) is 5.20. The molecule has 96 valence electrons. The topological polar surface area (TPSA) is 38.4 Å². The monoisotopic (exact) mass is 254 g/mol. The van der Waals surface area contributed by atoms with Gasteiger partial charge in [-0.25, -0.2) is 0 Å². The van der Waals surface area contributed by atoms with Gasteiger partial charge in [-0.05, 0) is 43.0 Å². The summed E-state index contributed by atoms with van der Waals surface area (Å²) in [6.45, 7) is 1.65. The van der Waals surface area contributed by atoms with Crippen LogP contribution in [0.5, 0.6) is 0 Å². The average molecular weight is 254 g/mol. The molecule has 5 heteroatoms. The maximum atomic E-state index is 13.0. The fraction of sp³-hybridized carbons (Fsp3) is 0.462. The van der Waals surface area contributed by atoms with E-state index >= 15 is 0 Å². The molecule has 0 bridgehead atoms. The Morgan fingerprint density at radius 1 is 1.28 bits per heavy atom. The highest BCUT2D eigenvalue weighted by atomic mass is 19.4. The lowest BCUT2D eigenvalue weighted by molar-refractivity contribution is -0.138. The van der Waals surface area contributed by atoms with Crippen LogP contribution >= 0.6 is 0 Å². The second kappa shape index (κ2) is 3.35. The molecule has 1 saturated carbocycles. The molecule has 1 aromatic rings. The predicted molar refractivity (Wildman–Crippen MR) is 63.1 cm³/mol. The minimum absolute atomic E-state index is 0.237. The average Bonchev–Trinajstić information content (AvgIpc) is 2.86. The molecule has 1 fully saturated rings. The molecule has 3 rings (SSSR count). The third-order valence-electron chi connectivity index (χ3n) is 3.64. The summed E-state index contributed by atoms with van der Waals surface area (Å²) >= 11 is 0. The minimum Gasteiger partial charge on any atom is -0.320 e. The molecule has 0 aromatic heterocycles. The van der Waals surface area contributed by atoms with Crippen molar-refractivity contribution in [3.05, 3.63) is 28.8 Å². The van der Waals surface area contributed by atoms with E-state index in [1.54, 1.807) is 13.0 Å². The van der Waals surface area contributed by atoms with E-state index in [0.29, 0.717) is 17.0 Å². The number of benzene rings is 1. The van der Waals surface area contributed by atoms with Crippen LogP contribution in [0.15, 0.2) is 17.1 Å². The standard InChI is InChI=1S/C13H13F3N2/c1-7-4-9(13(14,15)16)8-6-11(12(17)2-3-12)18-10(8)5-7/h4-5H,2-3,6,17H2,1H3. The smallest absolute Gasteiger partial charge is 0.320 e. The van der Waals surface area contributed by atoms with E-state index < -0.39 is 17.3 Å². The third-order valence-corrected chi connectivity index (χ3v) is 3.64. The molecule has 18 heavy (non-hydrogen) atoms. The van der Waals surface area contributed by atoms with E-state index in [2.05, 4.69) is 4.99 Å². The molecular formula is C13H13F3N2. The van der Waals surface area contributed by atoms with Crippen molar-refractivity contribution in [1.29, 1.82) is 0 Å². The lowest BCUT2D eigenvalue weighted by Gasteiger charge is -2.13. The van der Waals surface area contributed by atoms with Gasteiger partial charge in [-0.2, -0.15) is 13.2 Å². The molecule has 1 aromatic carbocycles. The van der Waals surface area contributed by atoms with Crippen molar-refractivity contribution in [2.45, 2.75) is 37.9 Å². The summed E-state index contributed by atoms with van der Waals surface area (Å²) in [5, 5.41) is 0. The molecule has 0 amide bonds. The Bertz CT molecular complexity index is 554. The highest BCUT2D eigenvalue weighted by molar-refractivity contribution is 6.03. The van der Waals surface area contributed by atoms with Gasteiger partial charge in [0.1, 0.15) is 0 Å². The number of halogens is 3. The van der Waals surface area contributed by atoms with E-state index in [-0.39, 0.29) is 12.0 Å². The van der Waals surface area contributed by atoms with Crippen LogP contribution in [0.4, 0.5) is 18.9 Å². The lowest BCUT2D eigenvalue weighted by atomic mass is 9.97. The molecule has 0 atom stereocenters. The van der Waals surface area contributed by atoms with Gasteiger partial charge < -0.3 is 5.73 Å². The van der Waals surface area contributed by atoms with Crippen molar-refractivity contribution in [3.63, 3.8) is 0 Å². The first-order chi connectivity index (χ1) is 8.29. The molecule has 0 spiro atoms. The first-order valence-corrected chi connectivity index (χ1v) is 5.87. The summed E-state index contributed by atoms with van der Waals surface area (Å²) in [5.74, 6) is 0. The van der Waals surface area contributed by atoms with Crippen molar-refractivity contribution in [1.82, 2.24) is 0 Å². The van der Waals surface area contributed by atoms with Gasteiger partial charge in [0.15, 0.2) is 0 Å². The zero-order valence-corrected chi connectivity index (χ0v) is 9.93. The number of aryl methyl sites for hydroxylation is 1. The first kappa shape index (κ1) is 11.7. The fourth-order valence-electron chi connectivity index (χ4n) is 2.40. The quantitative estimate of drug-likeness (QED) is 0.821. The van der Waals surface area contributed by atoms with E-state index in [1.165, 1.54) is 6.07 Å². The fourth-order valence-corrected chi connectivity index (χ4v) is 2.40. The molecule has 2 nitrogen and oxygen atoms in total. The highest BCUT2D eigenvalue weighted by Gasteiger charge is 2.46. The number of rotatable bonds is 1. The largest absolute Gasteiger partial charge is 0.416 e. The SMILES string of the molecule is Cc1cc2c(c(C(F)(F)F)c1)CC(C1(N)CC1)=N2. The van der Waals surface area contributed by atoms with Gasteiger partial charge in [0.05, 0.1) is 16.8 Å².